The summed E-state index contributed by atoms with van der Waals surface area (Å²) in [5.74, 6) is 0. The average Bonchev–Trinajstić information content (AvgIpc) is 2.34. The van der Waals surface area contributed by atoms with Crippen molar-refractivity contribution in [3.8, 4) is 0 Å². The minimum absolute atomic E-state index is 1.14. The first-order valence-electron chi connectivity index (χ1n) is 3.19. The van der Waals surface area contributed by atoms with E-state index in [-0.39, 0.29) is 0 Å². The molecule has 1 heterocycles. The molecule has 1 aromatic heterocycles. The number of aryl methyl sites for hydroxylation is 1. The Morgan fingerprint density at radius 1 is 1.30 bits per heavy atom. The fourth-order valence-electron chi connectivity index (χ4n) is 1.01. The van der Waals surface area contributed by atoms with Crippen LogP contribution < -0.4 is 0 Å². The number of nitrogens with zero attached hydrogens (tertiary/aromatic N) is 1. The molecule has 0 N–H and O–H groups in total. The van der Waals surface area contributed by atoms with E-state index in [1.54, 1.807) is 11.5 Å². The van der Waals surface area contributed by atoms with Crippen molar-refractivity contribution in [2.45, 2.75) is 6.92 Å². The fraction of sp³-hybridized carbons (Fsp3) is 0.125. The van der Waals surface area contributed by atoms with E-state index in [2.05, 4.69) is 16.5 Å². The molecule has 0 aliphatic carbocycles. The first-order chi connectivity index (χ1) is 4.88. The molecule has 2 rings (SSSR count). The van der Waals surface area contributed by atoms with Gasteiger partial charge in [-0.05, 0) is 24.5 Å². The highest BCUT2D eigenvalue weighted by atomic mass is 32.1. The van der Waals surface area contributed by atoms with Crippen LogP contribution in [0.3, 0.4) is 0 Å². The van der Waals surface area contributed by atoms with Gasteiger partial charge in [0.15, 0.2) is 0 Å². The standard InChI is InChI=1S/C8H7NS/c1-6-7-4-2-3-5-8(7)10-9-6/h2-5H,1H3. The Hall–Kier alpha value is -0.890. The van der Waals surface area contributed by atoms with Crippen molar-refractivity contribution in [2.24, 2.45) is 0 Å². The van der Waals surface area contributed by atoms with Crippen molar-refractivity contribution in [1.82, 2.24) is 4.37 Å². The summed E-state index contributed by atoms with van der Waals surface area (Å²) in [5, 5.41) is 1.28. The lowest BCUT2D eigenvalue weighted by Crippen LogP contribution is -1.66. The van der Waals surface area contributed by atoms with Gasteiger partial charge in [-0.1, -0.05) is 18.2 Å². The van der Waals surface area contributed by atoms with Gasteiger partial charge in [0.25, 0.3) is 0 Å². The molecule has 0 spiro atoms. The quantitative estimate of drug-likeness (QED) is 0.561. The molecule has 10 heavy (non-hydrogen) atoms. The molecule has 0 aliphatic heterocycles. The van der Waals surface area contributed by atoms with Gasteiger partial charge in [0.2, 0.25) is 0 Å². The number of hydrogen-bond donors (Lipinski definition) is 0. The first-order valence-corrected chi connectivity index (χ1v) is 3.96. The van der Waals surface area contributed by atoms with Gasteiger partial charge in [0, 0.05) is 5.39 Å². The normalized spacial score (nSPS) is 10.5. The SMILES string of the molecule is Cc1nsc2ccccc12. The zero-order valence-electron chi connectivity index (χ0n) is 5.66. The third-order valence-electron chi connectivity index (χ3n) is 1.56. The summed E-state index contributed by atoms with van der Waals surface area (Å²) in [6.07, 6.45) is 0. The maximum Gasteiger partial charge on any atom is 0.0589 e. The number of aromatic nitrogens is 1. The van der Waals surface area contributed by atoms with Crippen LogP contribution in [0.4, 0.5) is 0 Å². The maximum atomic E-state index is 4.24. The average molecular weight is 149 g/mol. The molecule has 0 saturated heterocycles. The zero-order valence-corrected chi connectivity index (χ0v) is 6.48. The van der Waals surface area contributed by atoms with Crippen LogP contribution in [0.5, 0.6) is 0 Å². The van der Waals surface area contributed by atoms with Crippen LogP contribution in [0.25, 0.3) is 10.1 Å². The Labute approximate surface area is 63.5 Å². The molecule has 0 atom stereocenters. The molecule has 0 radical (unpaired) electrons. The summed E-state index contributed by atoms with van der Waals surface area (Å²) in [4.78, 5) is 0. The molecule has 0 amide bonds. The van der Waals surface area contributed by atoms with E-state index in [4.69, 9.17) is 0 Å². The lowest BCUT2D eigenvalue weighted by Gasteiger charge is -1.84. The second kappa shape index (κ2) is 2.06. The Balaban J connectivity index is 2.93. The minimum atomic E-state index is 1.14. The summed E-state index contributed by atoms with van der Waals surface area (Å²) < 4.78 is 5.52. The molecule has 2 aromatic rings. The van der Waals surface area contributed by atoms with Crippen molar-refractivity contribution in [2.75, 3.05) is 0 Å². The summed E-state index contributed by atoms with van der Waals surface area (Å²) in [5.41, 5.74) is 1.14. The summed E-state index contributed by atoms with van der Waals surface area (Å²) >= 11 is 1.56. The Morgan fingerprint density at radius 3 is 2.90 bits per heavy atom. The molecule has 1 nitrogen and oxygen atoms in total. The van der Waals surface area contributed by atoms with Gasteiger partial charge in [-0.3, -0.25) is 0 Å². The van der Waals surface area contributed by atoms with Gasteiger partial charge >= 0.3 is 0 Å². The van der Waals surface area contributed by atoms with Crippen LogP contribution in [0.1, 0.15) is 5.69 Å². The van der Waals surface area contributed by atoms with E-state index in [0.29, 0.717) is 0 Å². The van der Waals surface area contributed by atoms with Crippen molar-refractivity contribution >= 4 is 21.6 Å². The Kier molecular flexibility index (Phi) is 1.21. The molecule has 1 aromatic carbocycles. The number of rotatable bonds is 0. The van der Waals surface area contributed by atoms with E-state index >= 15 is 0 Å². The topological polar surface area (TPSA) is 12.9 Å². The van der Waals surface area contributed by atoms with Gasteiger partial charge in [0.05, 0.1) is 10.4 Å². The van der Waals surface area contributed by atoms with Crippen molar-refractivity contribution in [3.63, 3.8) is 0 Å². The maximum absolute atomic E-state index is 4.24. The van der Waals surface area contributed by atoms with E-state index in [9.17, 15) is 0 Å². The minimum Gasteiger partial charge on any atom is -0.197 e. The lowest BCUT2D eigenvalue weighted by atomic mass is 10.2. The zero-order chi connectivity index (χ0) is 6.97. The van der Waals surface area contributed by atoms with Crippen LogP contribution in [0, 0.1) is 6.92 Å². The van der Waals surface area contributed by atoms with Gasteiger partial charge in [-0.2, -0.15) is 4.37 Å². The van der Waals surface area contributed by atoms with Crippen LogP contribution in [0.2, 0.25) is 0 Å². The molecule has 0 bridgehead atoms. The lowest BCUT2D eigenvalue weighted by molar-refractivity contribution is 1.37. The molecule has 0 unspecified atom stereocenters. The number of benzene rings is 1. The third kappa shape index (κ3) is 0.727. The fourth-order valence-corrected chi connectivity index (χ4v) is 1.80. The first kappa shape index (κ1) is 5.86. The van der Waals surface area contributed by atoms with E-state index in [1.807, 2.05) is 19.1 Å². The monoisotopic (exact) mass is 149 g/mol. The van der Waals surface area contributed by atoms with E-state index in [1.165, 1.54) is 10.1 Å². The summed E-state index contributed by atoms with van der Waals surface area (Å²) in [7, 11) is 0. The predicted molar refractivity (Wildman–Crippen MR) is 44.4 cm³/mol. The van der Waals surface area contributed by atoms with E-state index < -0.39 is 0 Å². The van der Waals surface area contributed by atoms with Gasteiger partial charge in [-0.15, -0.1) is 0 Å². The number of fused-ring (bicyclic) bond motifs is 1. The molecule has 0 saturated carbocycles. The van der Waals surface area contributed by atoms with Crippen molar-refractivity contribution < 1.29 is 0 Å². The third-order valence-corrected chi connectivity index (χ3v) is 2.48. The second-order valence-corrected chi connectivity index (χ2v) is 3.07. The van der Waals surface area contributed by atoms with Gasteiger partial charge in [-0.25, -0.2) is 0 Å². The van der Waals surface area contributed by atoms with Crippen molar-refractivity contribution in [3.05, 3.63) is 30.0 Å². The predicted octanol–water partition coefficient (Wildman–Crippen LogP) is 2.60. The second-order valence-electron chi connectivity index (χ2n) is 2.26. The molecule has 50 valence electrons. The Morgan fingerprint density at radius 2 is 2.10 bits per heavy atom. The molecule has 0 aliphatic rings. The van der Waals surface area contributed by atoms with Crippen LogP contribution in [0.15, 0.2) is 24.3 Å². The van der Waals surface area contributed by atoms with Gasteiger partial charge in [0.1, 0.15) is 0 Å². The molecule has 2 heteroatoms. The number of hydrogen-bond acceptors (Lipinski definition) is 2. The van der Waals surface area contributed by atoms with Crippen molar-refractivity contribution in [1.29, 1.82) is 0 Å². The highest BCUT2D eigenvalue weighted by Crippen LogP contribution is 2.20. The highest BCUT2D eigenvalue weighted by molar-refractivity contribution is 7.13. The molecule has 0 fully saturated rings. The van der Waals surface area contributed by atoms with Crippen LogP contribution in [-0.2, 0) is 0 Å². The summed E-state index contributed by atoms with van der Waals surface area (Å²) in [6.45, 7) is 2.04. The molecular weight excluding hydrogens is 142 g/mol. The smallest absolute Gasteiger partial charge is 0.0589 e. The van der Waals surface area contributed by atoms with E-state index in [0.717, 1.165) is 5.69 Å². The highest BCUT2D eigenvalue weighted by Gasteiger charge is 1.97. The van der Waals surface area contributed by atoms with Crippen LogP contribution in [-0.4, -0.2) is 4.37 Å². The van der Waals surface area contributed by atoms with Gasteiger partial charge < -0.3 is 0 Å². The van der Waals surface area contributed by atoms with Crippen LogP contribution >= 0.6 is 11.5 Å². The Bertz CT molecular complexity index is 351. The summed E-state index contributed by atoms with van der Waals surface area (Å²) in [6, 6.07) is 8.29. The molecular formula is C8H7NS. The largest absolute Gasteiger partial charge is 0.197 e.